The second-order valence-corrected chi connectivity index (χ2v) is 3.59. The Labute approximate surface area is 117 Å². The average Bonchev–Trinajstić information content (AvgIpc) is 2.37. The first-order valence-corrected chi connectivity index (χ1v) is 5.41. The van der Waals surface area contributed by atoms with Crippen molar-refractivity contribution in [3.05, 3.63) is 35.9 Å². The molecule has 1 atom stereocenters. The van der Waals surface area contributed by atoms with Crippen molar-refractivity contribution < 1.29 is 19.1 Å². The largest absolute Gasteiger partial charge is 0.469 e. The topological polar surface area (TPSA) is 90.6 Å². The molecule has 0 saturated carbocycles. The summed E-state index contributed by atoms with van der Waals surface area (Å²) in [6, 6.07) is 9.23. The number of nitrogens with one attached hydrogen (secondary N) is 1. The zero-order chi connectivity index (χ0) is 13.4. The van der Waals surface area contributed by atoms with Gasteiger partial charge >= 0.3 is 12.1 Å². The molecule has 0 aliphatic rings. The van der Waals surface area contributed by atoms with Crippen LogP contribution in [0, 0.1) is 0 Å². The van der Waals surface area contributed by atoms with Gasteiger partial charge in [0.05, 0.1) is 19.7 Å². The molecule has 0 saturated heterocycles. The molecule has 106 valence electrons. The van der Waals surface area contributed by atoms with Crippen molar-refractivity contribution in [1.82, 2.24) is 5.32 Å². The third kappa shape index (κ3) is 7.28. The minimum absolute atomic E-state index is 0. The number of benzene rings is 1. The minimum Gasteiger partial charge on any atom is -0.469 e. The number of carbonyl (C=O) groups is 2. The predicted octanol–water partition coefficient (Wildman–Crippen LogP) is 1.18. The summed E-state index contributed by atoms with van der Waals surface area (Å²) in [6.45, 7) is 0.150. The van der Waals surface area contributed by atoms with E-state index in [2.05, 4.69) is 10.1 Å². The zero-order valence-electron chi connectivity index (χ0n) is 10.5. The van der Waals surface area contributed by atoms with E-state index in [0.29, 0.717) is 0 Å². The maximum atomic E-state index is 11.3. The number of hydrogen-bond acceptors (Lipinski definition) is 5. The molecule has 0 bridgehead atoms. The lowest BCUT2D eigenvalue weighted by atomic mass is 10.2. The number of methoxy groups -OCH3 is 1. The fourth-order valence-electron chi connectivity index (χ4n) is 1.23. The van der Waals surface area contributed by atoms with Gasteiger partial charge in [-0.05, 0) is 5.56 Å². The van der Waals surface area contributed by atoms with Gasteiger partial charge in [-0.15, -0.1) is 12.4 Å². The van der Waals surface area contributed by atoms with E-state index in [-0.39, 0.29) is 25.4 Å². The van der Waals surface area contributed by atoms with Crippen molar-refractivity contribution in [3.8, 4) is 0 Å². The Morgan fingerprint density at radius 1 is 1.32 bits per heavy atom. The monoisotopic (exact) mass is 288 g/mol. The van der Waals surface area contributed by atoms with Crippen LogP contribution >= 0.6 is 12.4 Å². The highest BCUT2D eigenvalue weighted by Crippen LogP contribution is 2.00. The minimum atomic E-state index is -0.819. The molecule has 0 aliphatic heterocycles. The third-order valence-corrected chi connectivity index (χ3v) is 2.13. The summed E-state index contributed by atoms with van der Waals surface area (Å²) in [5.41, 5.74) is 6.38. The Kier molecular flexibility index (Phi) is 8.32. The lowest BCUT2D eigenvalue weighted by Gasteiger charge is -2.12. The summed E-state index contributed by atoms with van der Waals surface area (Å²) < 4.78 is 9.35. The lowest BCUT2D eigenvalue weighted by molar-refractivity contribution is -0.141. The van der Waals surface area contributed by atoms with Crippen molar-refractivity contribution in [2.45, 2.75) is 19.2 Å². The standard InChI is InChI=1S/C12H16N2O4.ClH/c1-17-11(15)7-10(13)14-12(16)18-8-9-5-3-2-4-6-9;/h2-6,10H,7-8,13H2,1H3,(H,14,16);1H/t10-;/m1./s1. The van der Waals surface area contributed by atoms with Crippen LogP contribution in [0.2, 0.25) is 0 Å². The third-order valence-electron chi connectivity index (χ3n) is 2.13. The second kappa shape index (κ2) is 9.18. The number of nitrogens with two attached hydrogens (primary N) is 1. The van der Waals surface area contributed by atoms with Crippen LogP contribution in [-0.4, -0.2) is 25.3 Å². The fraction of sp³-hybridized carbons (Fsp3) is 0.333. The number of esters is 1. The summed E-state index contributed by atoms with van der Waals surface area (Å²) in [5, 5.41) is 2.33. The van der Waals surface area contributed by atoms with Crippen molar-refractivity contribution in [2.75, 3.05) is 7.11 Å². The summed E-state index contributed by atoms with van der Waals surface area (Å²) in [4.78, 5) is 22.2. The van der Waals surface area contributed by atoms with Crippen LogP contribution in [-0.2, 0) is 20.9 Å². The van der Waals surface area contributed by atoms with Gasteiger partial charge in [0.15, 0.2) is 0 Å². The molecule has 0 spiro atoms. The van der Waals surface area contributed by atoms with Crippen molar-refractivity contribution in [3.63, 3.8) is 0 Å². The van der Waals surface area contributed by atoms with Gasteiger partial charge in [0.2, 0.25) is 0 Å². The number of carbonyl (C=O) groups excluding carboxylic acids is 2. The Morgan fingerprint density at radius 2 is 1.95 bits per heavy atom. The summed E-state index contributed by atoms with van der Waals surface area (Å²) in [7, 11) is 1.25. The number of rotatable bonds is 5. The normalized spacial score (nSPS) is 10.8. The smallest absolute Gasteiger partial charge is 0.408 e. The summed E-state index contributed by atoms with van der Waals surface area (Å²) >= 11 is 0. The summed E-state index contributed by atoms with van der Waals surface area (Å²) in [5.74, 6) is -0.495. The van der Waals surface area contributed by atoms with Crippen LogP contribution in [0.5, 0.6) is 0 Å². The average molecular weight is 289 g/mol. The van der Waals surface area contributed by atoms with E-state index in [1.54, 1.807) is 0 Å². The zero-order valence-corrected chi connectivity index (χ0v) is 11.3. The molecule has 7 heteroatoms. The van der Waals surface area contributed by atoms with Crippen molar-refractivity contribution >= 4 is 24.5 Å². The van der Waals surface area contributed by atoms with Gasteiger partial charge in [-0.3, -0.25) is 4.79 Å². The van der Waals surface area contributed by atoms with Crippen molar-refractivity contribution in [2.24, 2.45) is 5.73 Å². The SMILES string of the molecule is COC(=O)C[C@H](N)NC(=O)OCc1ccccc1.Cl. The molecule has 1 aromatic carbocycles. The van der Waals surface area contributed by atoms with Gasteiger partial charge < -0.3 is 20.5 Å². The molecule has 6 nitrogen and oxygen atoms in total. The molecule has 1 aromatic rings. The Bertz CT molecular complexity index is 400. The number of ether oxygens (including phenoxy) is 2. The molecular weight excluding hydrogens is 272 g/mol. The maximum absolute atomic E-state index is 11.3. The maximum Gasteiger partial charge on any atom is 0.408 e. The van der Waals surface area contributed by atoms with Crippen LogP contribution in [0.1, 0.15) is 12.0 Å². The van der Waals surface area contributed by atoms with E-state index in [1.165, 1.54) is 7.11 Å². The van der Waals surface area contributed by atoms with Gasteiger partial charge in [-0.2, -0.15) is 0 Å². The molecule has 3 N–H and O–H groups in total. The van der Waals surface area contributed by atoms with E-state index in [1.807, 2.05) is 30.3 Å². The Hall–Kier alpha value is -1.79. The van der Waals surface area contributed by atoms with E-state index in [9.17, 15) is 9.59 Å². The number of hydrogen-bond donors (Lipinski definition) is 2. The molecule has 0 fully saturated rings. The molecule has 0 radical (unpaired) electrons. The predicted molar refractivity (Wildman–Crippen MR) is 71.6 cm³/mol. The van der Waals surface area contributed by atoms with Gasteiger partial charge in [-0.1, -0.05) is 30.3 Å². The Balaban J connectivity index is 0.00000324. The molecule has 1 amide bonds. The highest BCUT2D eigenvalue weighted by molar-refractivity contribution is 5.85. The van der Waals surface area contributed by atoms with Crippen LogP contribution < -0.4 is 11.1 Å². The first-order chi connectivity index (χ1) is 8.61. The van der Waals surface area contributed by atoms with Gasteiger partial charge in [0.1, 0.15) is 6.61 Å². The van der Waals surface area contributed by atoms with Crippen LogP contribution in [0.4, 0.5) is 4.79 Å². The van der Waals surface area contributed by atoms with Gasteiger partial charge in [0.25, 0.3) is 0 Å². The second-order valence-electron chi connectivity index (χ2n) is 3.59. The van der Waals surface area contributed by atoms with Gasteiger partial charge in [-0.25, -0.2) is 4.79 Å². The quantitative estimate of drug-likeness (QED) is 0.627. The van der Waals surface area contributed by atoms with E-state index >= 15 is 0 Å². The van der Waals surface area contributed by atoms with Crippen LogP contribution in [0.15, 0.2) is 30.3 Å². The molecule has 0 aliphatic carbocycles. The van der Waals surface area contributed by atoms with Crippen molar-refractivity contribution in [1.29, 1.82) is 0 Å². The lowest BCUT2D eigenvalue weighted by Crippen LogP contribution is -2.43. The number of halogens is 1. The molecule has 1 rings (SSSR count). The summed E-state index contributed by atoms with van der Waals surface area (Å²) in [6.07, 6.45) is -1.59. The molecule has 0 unspecified atom stereocenters. The van der Waals surface area contributed by atoms with Gasteiger partial charge in [0, 0.05) is 0 Å². The highest BCUT2D eigenvalue weighted by Gasteiger charge is 2.13. The van der Waals surface area contributed by atoms with E-state index in [0.717, 1.165) is 5.56 Å². The highest BCUT2D eigenvalue weighted by atomic mass is 35.5. The van der Waals surface area contributed by atoms with E-state index in [4.69, 9.17) is 10.5 Å². The number of amides is 1. The Morgan fingerprint density at radius 3 is 2.53 bits per heavy atom. The first kappa shape index (κ1) is 17.2. The molecular formula is C12H17ClN2O4. The molecule has 0 heterocycles. The first-order valence-electron chi connectivity index (χ1n) is 5.41. The van der Waals surface area contributed by atoms with E-state index < -0.39 is 18.2 Å². The number of alkyl carbamates (subject to hydrolysis) is 1. The van der Waals surface area contributed by atoms with Crippen LogP contribution in [0.25, 0.3) is 0 Å². The van der Waals surface area contributed by atoms with Crippen LogP contribution in [0.3, 0.4) is 0 Å². The molecule has 0 aromatic heterocycles. The molecule has 19 heavy (non-hydrogen) atoms. The fourth-order valence-corrected chi connectivity index (χ4v) is 1.23.